The van der Waals surface area contributed by atoms with Crippen LogP contribution in [0.15, 0.2) is 53.1 Å². The lowest BCUT2D eigenvalue weighted by molar-refractivity contribution is 0.0514. The number of carbonyl (C=O) groups excluding carboxylic acids is 1. The Morgan fingerprint density at radius 2 is 1.90 bits per heavy atom. The van der Waals surface area contributed by atoms with E-state index in [4.69, 9.17) is 4.42 Å². The van der Waals surface area contributed by atoms with Crippen molar-refractivity contribution in [3.8, 4) is 0 Å². The molecule has 0 N–H and O–H groups in total. The molecule has 0 radical (unpaired) electrons. The van der Waals surface area contributed by atoms with E-state index in [1.807, 2.05) is 15.6 Å². The second-order valence-electron chi connectivity index (χ2n) is 7.61. The number of rotatable bonds is 8. The van der Waals surface area contributed by atoms with E-state index in [2.05, 4.69) is 51.6 Å². The van der Waals surface area contributed by atoms with Gasteiger partial charge in [-0.05, 0) is 41.0 Å². The summed E-state index contributed by atoms with van der Waals surface area (Å²) in [5.74, 6) is 1.27. The molecule has 1 fully saturated rings. The van der Waals surface area contributed by atoms with E-state index in [1.165, 1.54) is 11.8 Å². The van der Waals surface area contributed by atoms with Crippen LogP contribution in [0.5, 0.6) is 0 Å². The Morgan fingerprint density at radius 3 is 2.60 bits per heavy atom. The molecule has 158 valence electrons. The second kappa shape index (κ2) is 9.67. The fourth-order valence-electron chi connectivity index (χ4n) is 4.03. The SMILES string of the molecule is CCC[C@@H](c1nnnn1CCc1ccccc1)N1CCN(C(=O)c2ccco2)CC1. The minimum atomic E-state index is -0.0422. The van der Waals surface area contributed by atoms with Crippen LogP contribution in [0.1, 0.15) is 47.7 Å². The highest BCUT2D eigenvalue weighted by Gasteiger charge is 2.30. The molecule has 1 atom stereocenters. The number of furan rings is 1. The van der Waals surface area contributed by atoms with Crippen LogP contribution in [-0.4, -0.2) is 62.1 Å². The number of hydrogen-bond donors (Lipinski definition) is 0. The van der Waals surface area contributed by atoms with Crippen LogP contribution < -0.4 is 0 Å². The molecule has 1 amide bonds. The standard InChI is InChI=1S/C22H28N6O2/c1-2-7-19(21-23-24-25-28(21)12-11-18-8-4-3-5-9-18)26-13-15-27(16-14-26)22(29)20-10-6-17-30-20/h3-6,8-10,17,19H,2,7,11-16H2,1H3/t19-/m0/s1. The maximum Gasteiger partial charge on any atom is 0.289 e. The summed E-state index contributed by atoms with van der Waals surface area (Å²) in [6.45, 7) is 5.87. The molecule has 1 aliphatic heterocycles. The Morgan fingerprint density at radius 1 is 1.10 bits per heavy atom. The molecule has 2 aromatic heterocycles. The van der Waals surface area contributed by atoms with Gasteiger partial charge in [0.05, 0.1) is 12.3 Å². The van der Waals surface area contributed by atoms with Gasteiger partial charge in [0.25, 0.3) is 5.91 Å². The van der Waals surface area contributed by atoms with Gasteiger partial charge in [-0.2, -0.15) is 0 Å². The molecule has 0 bridgehead atoms. The lowest BCUT2D eigenvalue weighted by Gasteiger charge is -2.38. The van der Waals surface area contributed by atoms with Crippen LogP contribution in [-0.2, 0) is 13.0 Å². The summed E-state index contributed by atoms with van der Waals surface area (Å²) < 4.78 is 7.20. The molecule has 0 saturated carbocycles. The third-order valence-electron chi connectivity index (χ3n) is 5.65. The first-order valence-electron chi connectivity index (χ1n) is 10.6. The number of piperazine rings is 1. The average molecular weight is 409 g/mol. The molecule has 4 rings (SSSR count). The van der Waals surface area contributed by atoms with Gasteiger partial charge in [0.2, 0.25) is 0 Å². The van der Waals surface area contributed by atoms with Crippen LogP contribution in [0, 0.1) is 0 Å². The van der Waals surface area contributed by atoms with Crippen LogP contribution in [0.2, 0.25) is 0 Å². The summed E-state index contributed by atoms with van der Waals surface area (Å²) in [6, 6.07) is 14.0. The molecule has 8 nitrogen and oxygen atoms in total. The van der Waals surface area contributed by atoms with Gasteiger partial charge < -0.3 is 9.32 Å². The summed E-state index contributed by atoms with van der Waals surface area (Å²) >= 11 is 0. The largest absolute Gasteiger partial charge is 0.459 e. The molecule has 0 aliphatic carbocycles. The van der Waals surface area contributed by atoms with E-state index >= 15 is 0 Å². The quantitative estimate of drug-likeness (QED) is 0.570. The minimum absolute atomic E-state index is 0.0422. The fraction of sp³-hybridized carbons (Fsp3) is 0.455. The fourth-order valence-corrected chi connectivity index (χ4v) is 4.03. The highest BCUT2D eigenvalue weighted by molar-refractivity contribution is 5.91. The highest BCUT2D eigenvalue weighted by atomic mass is 16.3. The van der Waals surface area contributed by atoms with Crippen molar-refractivity contribution in [2.75, 3.05) is 26.2 Å². The van der Waals surface area contributed by atoms with Crippen LogP contribution in [0.4, 0.5) is 0 Å². The molecule has 1 aromatic carbocycles. The number of hydrogen-bond acceptors (Lipinski definition) is 6. The van der Waals surface area contributed by atoms with Gasteiger partial charge in [0.1, 0.15) is 0 Å². The first-order valence-corrected chi connectivity index (χ1v) is 10.6. The number of aryl methyl sites for hydroxylation is 2. The number of benzene rings is 1. The van der Waals surface area contributed by atoms with E-state index < -0.39 is 0 Å². The summed E-state index contributed by atoms with van der Waals surface area (Å²) in [5.41, 5.74) is 1.27. The van der Waals surface area contributed by atoms with Crippen molar-refractivity contribution in [1.29, 1.82) is 0 Å². The van der Waals surface area contributed by atoms with Gasteiger partial charge in [0.15, 0.2) is 11.6 Å². The Balaban J connectivity index is 1.41. The van der Waals surface area contributed by atoms with Crippen molar-refractivity contribution < 1.29 is 9.21 Å². The first-order chi connectivity index (χ1) is 14.8. The molecule has 8 heteroatoms. The van der Waals surface area contributed by atoms with E-state index in [-0.39, 0.29) is 11.9 Å². The molecule has 0 spiro atoms. The molecule has 1 saturated heterocycles. The van der Waals surface area contributed by atoms with Crippen molar-refractivity contribution >= 4 is 5.91 Å². The lowest BCUT2D eigenvalue weighted by atomic mass is 10.1. The predicted octanol–water partition coefficient (Wildman–Crippen LogP) is 2.81. The van der Waals surface area contributed by atoms with E-state index in [1.54, 1.807) is 12.1 Å². The van der Waals surface area contributed by atoms with Gasteiger partial charge >= 0.3 is 0 Å². The summed E-state index contributed by atoms with van der Waals surface area (Å²) in [6.07, 6.45) is 4.46. The van der Waals surface area contributed by atoms with Gasteiger partial charge in [0, 0.05) is 32.7 Å². The number of nitrogens with zero attached hydrogens (tertiary/aromatic N) is 6. The van der Waals surface area contributed by atoms with Gasteiger partial charge in [-0.3, -0.25) is 9.69 Å². The predicted molar refractivity (Wildman–Crippen MR) is 112 cm³/mol. The monoisotopic (exact) mass is 408 g/mol. The maximum absolute atomic E-state index is 12.5. The Bertz CT molecular complexity index is 916. The van der Waals surface area contributed by atoms with E-state index in [0.29, 0.717) is 18.8 Å². The number of amides is 1. The normalized spacial score (nSPS) is 16.0. The number of aromatic nitrogens is 4. The molecular weight excluding hydrogens is 380 g/mol. The third-order valence-corrected chi connectivity index (χ3v) is 5.65. The van der Waals surface area contributed by atoms with Crippen molar-refractivity contribution in [1.82, 2.24) is 30.0 Å². The molecule has 3 aromatic rings. The molecular formula is C22H28N6O2. The zero-order valence-electron chi connectivity index (χ0n) is 17.4. The minimum Gasteiger partial charge on any atom is -0.459 e. The highest BCUT2D eigenvalue weighted by Crippen LogP contribution is 2.25. The molecule has 3 heterocycles. The topological polar surface area (TPSA) is 80.3 Å². The summed E-state index contributed by atoms with van der Waals surface area (Å²) in [4.78, 5) is 16.8. The van der Waals surface area contributed by atoms with Gasteiger partial charge in [-0.15, -0.1) is 5.10 Å². The maximum atomic E-state index is 12.5. The molecule has 0 unspecified atom stereocenters. The zero-order chi connectivity index (χ0) is 20.8. The van der Waals surface area contributed by atoms with E-state index in [0.717, 1.165) is 44.7 Å². The Labute approximate surface area is 176 Å². The van der Waals surface area contributed by atoms with Crippen LogP contribution in [0.3, 0.4) is 0 Å². The summed E-state index contributed by atoms with van der Waals surface area (Å²) in [7, 11) is 0. The van der Waals surface area contributed by atoms with Gasteiger partial charge in [-0.25, -0.2) is 4.68 Å². The Hall–Kier alpha value is -3.00. The van der Waals surface area contributed by atoms with Gasteiger partial charge in [-0.1, -0.05) is 43.7 Å². The number of carbonyl (C=O) groups is 1. The Kier molecular flexibility index (Phi) is 6.53. The second-order valence-corrected chi connectivity index (χ2v) is 7.61. The lowest BCUT2D eigenvalue weighted by Crippen LogP contribution is -2.50. The van der Waals surface area contributed by atoms with Crippen molar-refractivity contribution in [2.24, 2.45) is 0 Å². The zero-order valence-corrected chi connectivity index (χ0v) is 17.4. The molecule has 30 heavy (non-hydrogen) atoms. The van der Waals surface area contributed by atoms with Crippen molar-refractivity contribution in [2.45, 2.75) is 38.8 Å². The molecule has 1 aliphatic rings. The number of tetrazole rings is 1. The smallest absolute Gasteiger partial charge is 0.289 e. The van der Waals surface area contributed by atoms with Crippen molar-refractivity contribution in [3.63, 3.8) is 0 Å². The van der Waals surface area contributed by atoms with Crippen LogP contribution >= 0.6 is 0 Å². The average Bonchev–Trinajstić information content (AvgIpc) is 3.49. The third kappa shape index (κ3) is 4.59. The summed E-state index contributed by atoms with van der Waals surface area (Å²) in [5, 5.41) is 12.6. The van der Waals surface area contributed by atoms with Crippen LogP contribution in [0.25, 0.3) is 0 Å². The van der Waals surface area contributed by atoms with Crippen molar-refractivity contribution in [3.05, 3.63) is 65.9 Å². The first kappa shape index (κ1) is 20.3. The van der Waals surface area contributed by atoms with E-state index in [9.17, 15) is 4.79 Å².